The number of hydrogen-bond acceptors (Lipinski definition) is 4. The molecule has 3 rings (SSSR count). The van der Waals surface area contributed by atoms with Crippen LogP contribution in [0.25, 0.3) is 0 Å². The van der Waals surface area contributed by atoms with Crippen molar-refractivity contribution >= 4 is 17.2 Å². The second-order valence-electron chi connectivity index (χ2n) is 6.04. The summed E-state index contributed by atoms with van der Waals surface area (Å²) in [5, 5.41) is 5.50. The zero-order valence-corrected chi connectivity index (χ0v) is 13.6. The van der Waals surface area contributed by atoms with Crippen molar-refractivity contribution in [1.29, 1.82) is 0 Å². The van der Waals surface area contributed by atoms with Crippen LogP contribution in [0.3, 0.4) is 0 Å². The third-order valence-electron chi connectivity index (χ3n) is 4.57. The fraction of sp³-hybridized carbons (Fsp3) is 0.688. The van der Waals surface area contributed by atoms with Crippen LogP contribution in [0.1, 0.15) is 35.7 Å². The summed E-state index contributed by atoms with van der Waals surface area (Å²) in [6.45, 7) is 7.88. The van der Waals surface area contributed by atoms with E-state index in [1.807, 2.05) is 0 Å². The number of amides is 1. The average molecular weight is 307 g/mol. The van der Waals surface area contributed by atoms with Gasteiger partial charge in [0.2, 0.25) is 5.91 Å². The number of piperidine rings is 1. The molecule has 0 spiro atoms. The van der Waals surface area contributed by atoms with Crippen molar-refractivity contribution in [2.45, 2.75) is 32.2 Å². The van der Waals surface area contributed by atoms with Crippen LogP contribution in [0.15, 0.2) is 11.4 Å². The Morgan fingerprint density at radius 2 is 1.90 bits per heavy atom. The van der Waals surface area contributed by atoms with Crippen LogP contribution < -0.4 is 5.32 Å². The monoisotopic (exact) mass is 307 g/mol. The fourth-order valence-corrected chi connectivity index (χ4v) is 4.38. The quantitative estimate of drug-likeness (QED) is 0.928. The van der Waals surface area contributed by atoms with Crippen LogP contribution in [0.5, 0.6) is 0 Å². The van der Waals surface area contributed by atoms with Crippen molar-refractivity contribution in [2.24, 2.45) is 0 Å². The molecule has 4 nitrogen and oxygen atoms in total. The standard InChI is InChI=1S/C16H25N3OS/c1-13-5-12-21-15(13)14(18-10-6-17-7-11-18)16(20)19-8-3-2-4-9-19/h5,12,14,17H,2-4,6-11H2,1H3. The van der Waals surface area contributed by atoms with Gasteiger partial charge in [-0.25, -0.2) is 0 Å². The first-order chi connectivity index (χ1) is 10.3. The van der Waals surface area contributed by atoms with E-state index in [-0.39, 0.29) is 6.04 Å². The normalized spacial score (nSPS) is 22.2. The Labute approximate surface area is 131 Å². The summed E-state index contributed by atoms with van der Waals surface area (Å²) in [5.74, 6) is 0.321. The molecular weight excluding hydrogens is 282 g/mol. The van der Waals surface area contributed by atoms with E-state index < -0.39 is 0 Å². The lowest BCUT2D eigenvalue weighted by Gasteiger charge is -2.38. The van der Waals surface area contributed by atoms with Crippen molar-refractivity contribution in [3.8, 4) is 0 Å². The maximum absolute atomic E-state index is 13.1. The van der Waals surface area contributed by atoms with Crippen molar-refractivity contribution in [2.75, 3.05) is 39.3 Å². The number of nitrogens with zero attached hydrogens (tertiary/aromatic N) is 2. The van der Waals surface area contributed by atoms with Gasteiger partial charge in [-0.15, -0.1) is 11.3 Å². The summed E-state index contributed by atoms with van der Waals surface area (Å²) in [5.41, 5.74) is 1.26. The molecule has 2 aliphatic heterocycles. The lowest BCUT2D eigenvalue weighted by Crippen LogP contribution is -2.51. The van der Waals surface area contributed by atoms with E-state index in [1.54, 1.807) is 11.3 Å². The van der Waals surface area contributed by atoms with Crippen LogP contribution in [0, 0.1) is 6.92 Å². The van der Waals surface area contributed by atoms with Gasteiger partial charge >= 0.3 is 0 Å². The molecule has 1 aromatic rings. The fourth-order valence-electron chi connectivity index (χ4n) is 3.33. The van der Waals surface area contributed by atoms with Crippen LogP contribution in [-0.4, -0.2) is 55.0 Å². The molecule has 2 aliphatic rings. The topological polar surface area (TPSA) is 35.6 Å². The molecule has 1 unspecified atom stereocenters. The van der Waals surface area contributed by atoms with Gasteiger partial charge in [0.1, 0.15) is 6.04 Å². The highest BCUT2D eigenvalue weighted by atomic mass is 32.1. The minimum Gasteiger partial charge on any atom is -0.341 e. The number of rotatable bonds is 3. The van der Waals surface area contributed by atoms with E-state index in [4.69, 9.17) is 0 Å². The van der Waals surface area contributed by atoms with E-state index >= 15 is 0 Å². The molecule has 116 valence electrons. The van der Waals surface area contributed by atoms with E-state index in [9.17, 15) is 4.79 Å². The molecule has 2 fully saturated rings. The second kappa shape index (κ2) is 6.90. The van der Waals surface area contributed by atoms with Gasteiger partial charge in [-0.1, -0.05) is 0 Å². The van der Waals surface area contributed by atoms with Gasteiger partial charge in [-0.05, 0) is 43.2 Å². The van der Waals surface area contributed by atoms with Crippen molar-refractivity contribution in [3.63, 3.8) is 0 Å². The number of nitrogens with one attached hydrogen (secondary N) is 1. The molecule has 1 atom stereocenters. The van der Waals surface area contributed by atoms with Gasteiger partial charge in [0.15, 0.2) is 0 Å². The Bertz CT molecular complexity index is 476. The first kappa shape index (κ1) is 15.0. The number of carbonyl (C=O) groups is 1. The van der Waals surface area contributed by atoms with Gasteiger partial charge in [0.05, 0.1) is 0 Å². The zero-order chi connectivity index (χ0) is 14.7. The molecule has 0 bridgehead atoms. The second-order valence-corrected chi connectivity index (χ2v) is 6.99. The molecule has 0 saturated carbocycles. The minimum atomic E-state index is -0.0646. The molecule has 0 aromatic carbocycles. The van der Waals surface area contributed by atoms with Gasteiger partial charge in [-0.3, -0.25) is 9.69 Å². The van der Waals surface area contributed by atoms with Gasteiger partial charge in [-0.2, -0.15) is 0 Å². The van der Waals surface area contributed by atoms with Gasteiger partial charge in [0, 0.05) is 44.1 Å². The van der Waals surface area contributed by atoms with E-state index in [2.05, 4.69) is 33.5 Å². The molecule has 2 saturated heterocycles. The molecular formula is C16H25N3OS. The molecule has 1 N–H and O–H groups in total. The summed E-state index contributed by atoms with van der Waals surface area (Å²) in [6.07, 6.45) is 3.58. The summed E-state index contributed by atoms with van der Waals surface area (Å²) in [7, 11) is 0. The number of piperazine rings is 1. The van der Waals surface area contributed by atoms with Crippen molar-refractivity contribution in [3.05, 3.63) is 21.9 Å². The third kappa shape index (κ3) is 3.30. The molecule has 0 aliphatic carbocycles. The summed E-state index contributed by atoms with van der Waals surface area (Å²) < 4.78 is 0. The minimum absolute atomic E-state index is 0.0646. The van der Waals surface area contributed by atoms with E-state index in [1.165, 1.54) is 16.9 Å². The largest absolute Gasteiger partial charge is 0.341 e. The first-order valence-corrected chi connectivity index (χ1v) is 8.93. The number of carbonyl (C=O) groups excluding carboxylic acids is 1. The van der Waals surface area contributed by atoms with Crippen LogP contribution in [-0.2, 0) is 4.79 Å². The SMILES string of the molecule is Cc1ccsc1C(C(=O)N1CCCCC1)N1CCNCC1. The smallest absolute Gasteiger partial charge is 0.245 e. The van der Waals surface area contributed by atoms with Gasteiger partial charge < -0.3 is 10.2 Å². The molecule has 3 heterocycles. The van der Waals surface area contributed by atoms with Crippen molar-refractivity contribution < 1.29 is 4.79 Å². The van der Waals surface area contributed by atoms with Crippen LogP contribution in [0.2, 0.25) is 0 Å². The number of aryl methyl sites for hydroxylation is 1. The first-order valence-electron chi connectivity index (χ1n) is 8.05. The average Bonchev–Trinajstić information content (AvgIpc) is 2.95. The van der Waals surface area contributed by atoms with E-state index in [0.29, 0.717) is 5.91 Å². The highest BCUT2D eigenvalue weighted by Gasteiger charge is 2.34. The molecule has 1 amide bonds. The van der Waals surface area contributed by atoms with Crippen LogP contribution in [0.4, 0.5) is 0 Å². The predicted octanol–water partition coefficient (Wildman–Crippen LogP) is 2.02. The number of likely N-dealkylation sites (tertiary alicyclic amines) is 1. The Kier molecular flexibility index (Phi) is 4.93. The maximum atomic E-state index is 13.1. The molecule has 21 heavy (non-hydrogen) atoms. The summed E-state index contributed by atoms with van der Waals surface area (Å²) in [4.78, 5) is 18.8. The Balaban J connectivity index is 1.84. The third-order valence-corrected chi connectivity index (χ3v) is 5.64. The Morgan fingerprint density at radius 1 is 1.19 bits per heavy atom. The molecule has 5 heteroatoms. The number of hydrogen-bond donors (Lipinski definition) is 1. The van der Waals surface area contributed by atoms with Crippen molar-refractivity contribution in [1.82, 2.24) is 15.1 Å². The lowest BCUT2D eigenvalue weighted by molar-refractivity contribution is -0.138. The maximum Gasteiger partial charge on any atom is 0.245 e. The summed E-state index contributed by atoms with van der Waals surface area (Å²) >= 11 is 1.73. The molecule has 1 aromatic heterocycles. The lowest BCUT2D eigenvalue weighted by atomic mass is 10.1. The zero-order valence-electron chi connectivity index (χ0n) is 12.8. The highest BCUT2D eigenvalue weighted by molar-refractivity contribution is 7.10. The highest BCUT2D eigenvalue weighted by Crippen LogP contribution is 2.31. The van der Waals surface area contributed by atoms with E-state index in [0.717, 1.165) is 52.1 Å². The Hall–Kier alpha value is -0.910. The summed E-state index contributed by atoms with van der Waals surface area (Å²) in [6, 6.07) is 2.07. The molecule has 0 radical (unpaired) electrons. The van der Waals surface area contributed by atoms with Gasteiger partial charge in [0.25, 0.3) is 0 Å². The predicted molar refractivity (Wildman–Crippen MR) is 86.7 cm³/mol. The Morgan fingerprint density at radius 3 is 2.52 bits per heavy atom. The van der Waals surface area contributed by atoms with Crippen LogP contribution >= 0.6 is 11.3 Å². The number of thiophene rings is 1.